The van der Waals surface area contributed by atoms with Crippen molar-refractivity contribution in [3.8, 4) is 17.2 Å². The number of esters is 1. The van der Waals surface area contributed by atoms with Crippen LogP contribution in [-0.4, -0.2) is 42.1 Å². The van der Waals surface area contributed by atoms with Crippen LogP contribution in [0.1, 0.15) is 34.6 Å². The van der Waals surface area contributed by atoms with Gasteiger partial charge in [0.15, 0.2) is 0 Å². The second kappa shape index (κ2) is 11.4. The summed E-state index contributed by atoms with van der Waals surface area (Å²) >= 11 is 0. The van der Waals surface area contributed by atoms with E-state index in [-0.39, 0.29) is 30.4 Å². The van der Waals surface area contributed by atoms with Crippen molar-refractivity contribution >= 4 is 17.7 Å². The molecule has 2 aromatic rings. The Hall–Kier alpha value is -3.85. The summed E-state index contributed by atoms with van der Waals surface area (Å²) in [6.45, 7) is 3.47. The Labute approximate surface area is 179 Å². The Bertz CT molecular complexity index is 970. The molecule has 1 amide bonds. The topological polar surface area (TPSA) is 146 Å². The van der Waals surface area contributed by atoms with Gasteiger partial charge in [0.1, 0.15) is 29.2 Å². The lowest BCUT2D eigenvalue weighted by atomic mass is 10.2. The number of aliphatic hydroxyl groups excluding tert-OH is 1. The van der Waals surface area contributed by atoms with E-state index in [1.54, 1.807) is 44.2 Å². The minimum absolute atomic E-state index is 0.0560. The average molecular weight is 427 g/mol. The lowest BCUT2D eigenvalue weighted by molar-refractivity contribution is 0.0526. The molecule has 2 rings (SSSR count). The molecule has 5 N–H and O–H groups in total. The molecule has 0 aliphatic rings. The molecule has 0 spiro atoms. The third-order valence-corrected chi connectivity index (χ3v) is 3.82. The molecule has 0 aliphatic carbocycles. The summed E-state index contributed by atoms with van der Waals surface area (Å²) in [4.78, 5) is 28.0. The van der Waals surface area contributed by atoms with E-state index < -0.39 is 18.0 Å². The van der Waals surface area contributed by atoms with Gasteiger partial charge in [-0.25, -0.2) is 4.79 Å². The smallest absolute Gasteiger partial charge is 0.338 e. The van der Waals surface area contributed by atoms with E-state index in [0.29, 0.717) is 17.1 Å². The molecule has 0 heterocycles. The molecular weight excluding hydrogens is 402 g/mol. The third kappa shape index (κ3) is 7.16. The second-order valence-corrected chi connectivity index (χ2v) is 6.35. The molecular formula is C22H25N3O6. The van der Waals surface area contributed by atoms with E-state index in [9.17, 15) is 14.7 Å². The number of carbonyl (C=O) groups excluding carboxylic acids is 2. The van der Waals surface area contributed by atoms with Gasteiger partial charge in [0, 0.05) is 11.6 Å². The number of hydrogen-bond acceptors (Lipinski definition) is 7. The molecule has 164 valence electrons. The molecule has 1 atom stereocenters. The van der Waals surface area contributed by atoms with Crippen molar-refractivity contribution in [3.05, 3.63) is 65.9 Å². The van der Waals surface area contributed by atoms with Crippen LogP contribution in [0.2, 0.25) is 0 Å². The molecule has 0 unspecified atom stereocenters. The van der Waals surface area contributed by atoms with Crippen molar-refractivity contribution in [2.75, 3.05) is 13.2 Å². The molecule has 31 heavy (non-hydrogen) atoms. The van der Waals surface area contributed by atoms with Crippen molar-refractivity contribution < 1.29 is 28.9 Å². The van der Waals surface area contributed by atoms with Crippen molar-refractivity contribution in [2.45, 2.75) is 20.0 Å². The van der Waals surface area contributed by atoms with Crippen LogP contribution in [0, 0.1) is 0 Å². The van der Waals surface area contributed by atoms with Crippen LogP contribution in [0.15, 0.2) is 59.7 Å². The van der Waals surface area contributed by atoms with Crippen LogP contribution >= 0.6 is 0 Å². The van der Waals surface area contributed by atoms with Gasteiger partial charge in [-0.15, -0.1) is 0 Å². The molecule has 9 heteroatoms. The maximum atomic E-state index is 12.5. The van der Waals surface area contributed by atoms with Gasteiger partial charge < -0.3 is 30.8 Å². The van der Waals surface area contributed by atoms with Gasteiger partial charge in [-0.2, -0.15) is 4.99 Å². The summed E-state index contributed by atoms with van der Waals surface area (Å²) in [5.74, 6) is -0.100. The van der Waals surface area contributed by atoms with Gasteiger partial charge in [-0.05, 0) is 62.5 Å². The maximum absolute atomic E-state index is 12.5. The zero-order valence-corrected chi connectivity index (χ0v) is 17.3. The summed E-state index contributed by atoms with van der Waals surface area (Å²) in [5.41, 5.74) is 11.4. The number of aliphatic hydroxyl groups is 1. The van der Waals surface area contributed by atoms with E-state index in [1.807, 2.05) is 0 Å². The second-order valence-electron chi connectivity index (χ2n) is 6.35. The fourth-order valence-corrected chi connectivity index (χ4v) is 2.42. The first-order chi connectivity index (χ1) is 14.9. The molecule has 9 nitrogen and oxygen atoms in total. The first kappa shape index (κ1) is 23.4. The highest BCUT2D eigenvalue weighted by atomic mass is 16.5. The fraction of sp³-hybridized carbons (Fsp3) is 0.227. The molecule has 0 fully saturated rings. The Balaban J connectivity index is 2.32. The normalized spacial score (nSPS) is 12.4. The number of amidine groups is 1. The number of nitrogens with two attached hydrogens (primary N) is 2. The minimum Gasteiger partial charge on any atom is -0.488 e. The fourth-order valence-electron chi connectivity index (χ4n) is 2.42. The van der Waals surface area contributed by atoms with Gasteiger partial charge in [-0.1, -0.05) is 0 Å². The largest absolute Gasteiger partial charge is 0.488 e. The predicted octanol–water partition coefficient (Wildman–Crippen LogP) is 2.39. The zero-order chi connectivity index (χ0) is 22.8. The van der Waals surface area contributed by atoms with Crippen LogP contribution in [0.5, 0.6) is 17.2 Å². The lowest BCUT2D eigenvalue weighted by Crippen LogP contribution is -2.16. The number of hydrogen-bond donors (Lipinski definition) is 3. The van der Waals surface area contributed by atoms with Crippen LogP contribution in [0.25, 0.3) is 0 Å². The Morgan fingerprint density at radius 1 is 1.10 bits per heavy atom. The number of rotatable bonds is 9. The number of benzene rings is 2. The number of aliphatic imine (C=N–C) groups is 1. The Morgan fingerprint density at radius 3 is 2.39 bits per heavy atom. The maximum Gasteiger partial charge on any atom is 0.338 e. The molecule has 0 bridgehead atoms. The van der Waals surface area contributed by atoms with Crippen LogP contribution in [-0.2, 0) is 4.74 Å². The van der Waals surface area contributed by atoms with Crippen molar-refractivity contribution in [1.29, 1.82) is 0 Å². The summed E-state index contributed by atoms with van der Waals surface area (Å²) in [6, 6.07) is 10.8. The van der Waals surface area contributed by atoms with Crippen molar-refractivity contribution in [2.24, 2.45) is 16.5 Å². The van der Waals surface area contributed by atoms with E-state index in [1.165, 1.54) is 24.4 Å². The summed E-state index contributed by atoms with van der Waals surface area (Å²) in [5, 5.41) is 9.25. The molecule has 0 saturated heterocycles. The monoisotopic (exact) mass is 427 g/mol. The first-order valence-electron chi connectivity index (χ1n) is 9.50. The minimum atomic E-state index is -0.625. The Morgan fingerprint density at radius 2 is 1.77 bits per heavy atom. The first-order valence-corrected chi connectivity index (χ1v) is 9.50. The molecule has 0 aliphatic heterocycles. The number of ether oxygens (including phenoxy) is 3. The third-order valence-electron chi connectivity index (χ3n) is 3.82. The van der Waals surface area contributed by atoms with Gasteiger partial charge in [-0.3, -0.25) is 4.79 Å². The highest BCUT2D eigenvalue weighted by Crippen LogP contribution is 2.29. The van der Waals surface area contributed by atoms with E-state index in [2.05, 4.69) is 4.99 Å². The van der Waals surface area contributed by atoms with Crippen LogP contribution < -0.4 is 20.9 Å². The highest BCUT2D eigenvalue weighted by Gasteiger charge is 2.13. The van der Waals surface area contributed by atoms with Crippen molar-refractivity contribution in [1.82, 2.24) is 0 Å². The predicted molar refractivity (Wildman–Crippen MR) is 115 cm³/mol. The van der Waals surface area contributed by atoms with E-state index in [0.717, 1.165) is 0 Å². The molecule has 0 saturated carbocycles. The van der Waals surface area contributed by atoms with E-state index >= 15 is 0 Å². The molecule has 0 aromatic heterocycles. The van der Waals surface area contributed by atoms with Crippen LogP contribution in [0.3, 0.4) is 0 Å². The zero-order valence-electron chi connectivity index (χ0n) is 17.3. The Kier molecular flexibility index (Phi) is 8.59. The summed E-state index contributed by atoms with van der Waals surface area (Å²) < 4.78 is 16.4. The lowest BCUT2D eigenvalue weighted by Gasteiger charge is -2.14. The number of nitrogens with zero attached hydrogens (tertiary/aromatic N) is 1. The SMILES string of the molecule is CCOC(=O)c1ccc(Oc2cc(O[C@@H](C)CO)cc(C(=O)N=C(N)/C=C\N)c2)cc1. The average Bonchev–Trinajstić information content (AvgIpc) is 2.74. The summed E-state index contributed by atoms with van der Waals surface area (Å²) in [6.07, 6.45) is 1.95. The quantitative estimate of drug-likeness (QED) is 0.314. The molecule has 0 radical (unpaired) electrons. The van der Waals surface area contributed by atoms with Crippen molar-refractivity contribution in [3.63, 3.8) is 0 Å². The number of amides is 1. The van der Waals surface area contributed by atoms with Gasteiger partial charge in [0.25, 0.3) is 5.91 Å². The van der Waals surface area contributed by atoms with Gasteiger partial charge in [0.2, 0.25) is 0 Å². The number of carbonyl (C=O) groups is 2. The summed E-state index contributed by atoms with van der Waals surface area (Å²) in [7, 11) is 0. The standard InChI is InChI=1S/C22H25N3O6/c1-3-29-22(28)15-4-6-17(7-5-15)31-19-11-16(21(27)25-20(24)8-9-23)10-18(12-19)30-14(2)13-26/h4-12,14,26H,3,13,23H2,1-2H3,(H2,24,25,27)/b9-8-/t14-/m0/s1. The highest BCUT2D eigenvalue weighted by molar-refractivity contribution is 6.06. The molecule has 2 aromatic carbocycles. The van der Waals surface area contributed by atoms with Gasteiger partial charge in [0.05, 0.1) is 18.8 Å². The van der Waals surface area contributed by atoms with E-state index in [4.69, 9.17) is 25.7 Å². The van der Waals surface area contributed by atoms with Crippen LogP contribution in [0.4, 0.5) is 0 Å². The van der Waals surface area contributed by atoms with Gasteiger partial charge >= 0.3 is 5.97 Å².